The maximum absolute atomic E-state index is 14.1. The van der Waals surface area contributed by atoms with Crippen LogP contribution in [0.5, 0.6) is 0 Å². The first-order valence-electron chi connectivity index (χ1n) is 5.44. The van der Waals surface area contributed by atoms with Gasteiger partial charge in [0.05, 0.1) is 22.3 Å². The number of halogens is 2. The van der Waals surface area contributed by atoms with Crippen molar-refractivity contribution in [3.63, 3.8) is 0 Å². The van der Waals surface area contributed by atoms with Crippen LogP contribution in [0.1, 0.15) is 18.4 Å². The number of aliphatic hydroxyl groups is 1. The third-order valence-electron chi connectivity index (χ3n) is 2.82. The van der Waals surface area contributed by atoms with Gasteiger partial charge in [-0.05, 0) is 40.9 Å². The average molecular weight is 299 g/mol. The molecule has 1 fully saturated rings. The highest BCUT2D eigenvalue weighted by Crippen LogP contribution is 2.35. The van der Waals surface area contributed by atoms with Crippen LogP contribution in [0.2, 0.25) is 0 Å². The maximum Gasteiger partial charge on any atom is 0.161 e. The first-order chi connectivity index (χ1) is 8.19. The van der Waals surface area contributed by atoms with Crippen molar-refractivity contribution >= 4 is 21.6 Å². The van der Waals surface area contributed by atoms with E-state index >= 15 is 0 Å². The molecule has 1 saturated carbocycles. The van der Waals surface area contributed by atoms with Crippen LogP contribution in [0.15, 0.2) is 16.6 Å². The molecular formula is C12H12BrFN2O. The van der Waals surface area contributed by atoms with Crippen molar-refractivity contribution in [2.45, 2.75) is 18.9 Å². The minimum Gasteiger partial charge on any atom is -0.395 e. The van der Waals surface area contributed by atoms with E-state index in [1.54, 1.807) is 12.1 Å². The highest BCUT2D eigenvalue weighted by atomic mass is 79.9. The first-order valence-corrected chi connectivity index (χ1v) is 6.24. The Morgan fingerprint density at radius 3 is 2.76 bits per heavy atom. The number of rotatable bonds is 4. The third kappa shape index (κ3) is 2.43. The van der Waals surface area contributed by atoms with Crippen molar-refractivity contribution in [3.8, 4) is 6.07 Å². The zero-order chi connectivity index (χ0) is 12.4. The fraction of sp³-hybridized carbons (Fsp3) is 0.417. The molecule has 0 spiro atoms. The molecule has 1 aromatic carbocycles. The van der Waals surface area contributed by atoms with Gasteiger partial charge in [0, 0.05) is 12.6 Å². The van der Waals surface area contributed by atoms with Crippen molar-refractivity contribution in [3.05, 3.63) is 28.0 Å². The molecule has 0 saturated heterocycles. The van der Waals surface area contributed by atoms with E-state index in [9.17, 15) is 4.39 Å². The van der Waals surface area contributed by atoms with Gasteiger partial charge in [-0.1, -0.05) is 0 Å². The summed E-state index contributed by atoms with van der Waals surface area (Å²) in [5.74, 6) is -0.426. The van der Waals surface area contributed by atoms with Gasteiger partial charge in [-0.25, -0.2) is 4.39 Å². The summed E-state index contributed by atoms with van der Waals surface area (Å²) >= 11 is 3.09. The SMILES string of the molecule is N#Cc1ccc(N(CCO)C2CC2)c(F)c1Br. The van der Waals surface area contributed by atoms with Gasteiger partial charge in [-0.3, -0.25) is 0 Å². The molecule has 1 aromatic rings. The van der Waals surface area contributed by atoms with Crippen LogP contribution in [-0.4, -0.2) is 24.3 Å². The molecule has 0 unspecified atom stereocenters. The lowest BCUT2D eigenvalue weighted by Gasteiger charge is -2.24. The number of aliphatic hydroxyl groups excluding tert-OH is 1. The lowest BCUT2D eigenvalue weighted by molar-refractivity contribution is 0.301. The normalized spacial score (nSPS) is 14.5. The largest absolute Gasteiger partial charge is 0.395 e. The van der Waals surface area contributed by atoms with Crippen molar-refractivity contribution in [2.75, 3.05) is 18.1 Å². The Bertz CT molecular complexity index is 468. The summed E-state index contributed by atoms with van der Waals surface area (Å²) in [6.07, 6.45) is 2.05. The molecule has 1 aliphatic rings. The standard InChI is InChI=1S/C12H12BrFN2O/c13-11-8(7-15)1-4-10(12(11)14)16(5-6-17)9-2-3-9/h1,4,9,17H,2-3,5-6H2. The lowest BCUT2D eigenvalue weighted by Crippen LogP contribution is -2.29. The Labute approximate surface area is 108 Å². The second kappa shape index (κ2) is 5.03. The van der Waals surface area contributed by atoms with Crippen LogP contribution in [0.4, 0.5) is 10.1 Å². The monoisotopic (exact) mass is 298 g/mol. The summed E-state index contributed by atoms with van der Waals surface area (Å²) in [7, 11) is 0. The molecule has 2 rings (SSSR count). The summed E-state index contributed by atoms with van der Waals surface area (Å²) in [5, 5.41) is 17.8. The van der Waals surface area contributed by atoms with Crippen LogP contribution in [0, 0.1) is 17.1 Å². The number of hydrogen-bond donors (Lipinski definition) is 1. The number of nitriles is 1. The molecule has 0 radical (unpaired) electrons. The number of benzene rings is 1. The van der Waals surface area contributed by atoms with Crippen molar-refractivity contribution in [2.24, 2.45) is 0 Å². The Kier molecular flexibility index (Phi) is 3.65. The Morgan fingerprint density at radius 2 is 2.24 bits per heavy atom. The minimum atomic E-state index is -0.426. The first kappa shape index (κ1) is 12.3. The van der Waals surface area contributed by atoms with Crippen LogP contribution >= 0.6 is 15.9 Å². The van der Waals surface area contributed by atoms with E-state index in [0.717, 1.165) is 12.8 Å². The molecule has 1 aliphatic carbocycles. The summed E-state index contributed by atoms with van der Waals surface area (Å²) < 4.78 is 14.3. The van der Waals surface area contributed by atoms with E-state index in [2.05, 4.69) is 15.9 Å². The van der Waals surface area contributed by atoms with Crippen molar-refractivity contribution < 1.29 is 9.50 Å². The zero-order valence-electron chi connectivity index (χ0n) is 9.16. The number of anilines is 1. The topological polar surface area (TPSA) is 47.3 Å². The molecule has 0 aliphatic heterocycles. The van der Waals surface area contributed by atoms with E-state index in [1.165, 1.54) is 0 Å². The van der Waals surface area contributed by atoms with Crippen molar-refractivity contribution in [1.82, 2.24) is 0 Å². The molecular weight excluding hydrogens is 287 g/mol. The molecule has 0 atom stereocenters. The van der Waals surface area contributed by atoms with Gasteiger partial charge < -0.3 is 10.0 Å². The van der Waals surface area contributed by atoms with Crippen LogP contribution in [0.3, 0.4) is 0 Å². The van der Waals surface area contributed by atoms with E-state index in [0.29, 0.717) is 18.3 Å². The molecule has 3 nitrogen and oxygen atoms in total. The Hall–Kier alpha value is -1.12. The van der Waals surface area contributed by atoms with Gasteiger partial charge in [0.25, 0.3) is 0 Å². The fourth-order valence-corrected chi connectivity index (χ4v) is 2.27. The predicted octanol–water partition coefficient (Wildman–Crippen LogP) is 2.42. The van der Waals surface area contributed by atoms with Gasteiger partial charge >= 0.3 is 0 Å². The molecule has 0 aromatic heterocycles. The van der Waals surface area contributed by atoms with Crippen molar-refractivity contribution in [1.29, 1.82) is 5.26 Å². The van der Waals surface area contributed by atoms with Crippen LogP contribution in [0.25, 0.3) is 0 Å². The zero-order valence-corrected chi connectivity index (χ0v) is 10.7. The minimum absolute atomic E-state index is 0.00639. The average Bonchev–Trinajstić information content (AvgIpc) is 3.14. The number of hydrogen-bond acceptors (Lipinski definition) is 3. The van der Waals surface area contributed by atoms with Gasteiger partial charge in [0.15, 0.2) is 5.82 Å². The summed E-state index contributed by atoms with van der Waals surface area (Å²) in [5.41, 5.74) is 0.735. The smallest absolute Gasteiger partial charge is 0.161 e. The van der Waals surface area contributed by atoms with E-state index in [4.69, 9.17) is 10.4 Å². The van der Waals surface area contributed by atoms with E-state index in [-0.39, 0.29) is 16.6 Å². The van der Waals surface area contributed by atoms with Crippen LogP contribution in [-0.2, 0) is 0 Å². The van der Waals surface area contributed by atoms with Gasteiger partial charge in [0.2, 0.25) is 0 Å². The van der Waals surface area contributed by atoms with E-state index < -0.39 is 5.82 Å². The van der Waals surface area contributed by atoms with Gasteiger partial charge in [-0.15, -0.1) is 0 Å². The summed E-state index contributed by atoms with van der Waals surface area (Å²) in [4.78, 5) is 1.86. The molecule has 0 bridgehead atoms. The summed E-state index contributed by atoms with van der Waals surface area (Å²) in [6.45, 7) is 0.410. The molecule has 0 heterocycles. The van der Waals surface area contributed by atoms with Crippen LogP contribution < -0.4 is 4.90 Å². The van der Waals surface area contributed by atoms with Gasteiger partial charge in [0.1, 0.15) is 6.07 Å². The van der Waals surface area contributed by atoms with E-state index in [1.807, 2.05) is 11.0 Å². The highest BCUT2D eigenvalue weighted by molar-refractivity contribution is 9.10. The fourth-order valence-electron chi connectivity index (χ4n) is 1.84. The highest BCUT2D eigenvalue weighted by Gasteiger charge is 2.31. The Morgan fingerprint density at radius 1 is 1.53 bits per heavy atom. The lowest BCUT2D eigenvalue weighted by atomic mass is 10.2. The third-order valence-corrected chi connectivity index (χ3v) is 3.60. The Balaban J connectivity index is 2.37. The molecule has 5 heteroatoms. The molecule has 90 valence electrons. The molecule has 0 amide bonds. The molecule has 17 heavy (non-hydrogen) atoms. The molecule has 1 N–H and O–H groups in total. The maximum atomic E-state index is 14.1. The van der Waals surface area contributed by atoms with Gasteiger partial charge in [-0.2, -0.15) is 5.26 Å². The second-order valence-electron chi connectivity index (χ2n) is 4.02. The quantitative estimate of drug-likeness (QED) is 0.929. The number of nitrogens with zero attached hydrogens (tertiary/aromatic N) is 2. The summed E-state index contributed by atoms with van der Waals surface area (Å²) in [6, 6.07) is 5.44. The second-order valence-corrected chi connectivity index (χ2v) is 4.81. The predicted molar refractivity (Wildman–Crippen MR) is 66.3 cm³/mol.